The van der Waals surface area contributed by atoms with Gasteiger partial charge in [-0.2, -0.15) is 0 Å². The average molecular weight is 264 g/mol. The molecule has 0 aromatic heterocycles. The van der Waals surface area contributed by atoms with E-state index >= 15 is 0 Å². The maximum absolute atomic E-state index is 12.5. The molecule has 0 radical (unpaired) electrons. The first-order chi connectivity index (χ1) is 8.61. The molecule has 2 unspecified atom stereocenters. The van der Waals surface area contributed by atoms with Crippen molar-refractivity contribution < 1.29 is 4.79 Å². The zero-order chi connectivity index (χ0) is 13.1. The van der Waals surface area contributed by atoms with E-state index in [4.69, 9.17) is 5.73 Å². The fourth-order valence-corrected chi connectivity index (χ4v) is 3.15. The van der Waals surface area contributed by atoms with E-state index in [2.05, 4.69) is 6.92 Å². The molecular formula is C14H20N2OS. The highest BCUT2D eigenvalue weighted by molar-refractivity contribution is 7.98. The van der Waals surface area contributed by atoms with Gasteiger partial charge in [-0.3, -0.25) is 4.79 Å². The summed E-state index contributed by atoms with van der Waals surface area (Å²) in [6, 6.07) is 7.89. The maximum Gasteiger partial charge on any atom is 0.255 e. The van der Waals surface area contributed by atoms with Crippen molar-refractivity contribution in [1.29, 1.82) is 0 Å². The Balaban J connectivity index is 2.20. The second kappa shape index (κ2) is 5.76. The summed E-state index contributed by atoms with van der Waals surface area (Å²) in [5, 5.41) is 0. The van der Waals surface area contributed by atoms with Gasteiger partial charge >= 0.3 is 0 Å². The van der Waals surface area contributed by atoms with Crippen LogP contribution in [0.3, 0.4) is 0 Å². The molecule has 0 spiro atoms. The first-order valence-electron chi connectivity index (χ1n) is 6.29. The van der Waals surface area contributed by atoms with Gasteiger partial charge in [0, 0.05) is 24.0 Å². The standard InChI is InChI=1S/C14H20N2OS/c1-10-7-11(15)9-16(8-10)14(17)12-5-3-4-6-13(12)18-2/h3-6,10-11H,7-9,15H2,1-2H3. The molecule has 1 aromatic carbocycles. The lowest BCUT2D eigenvalue weighted by Gasteiger charge is -2.35. The number of benzene rings is 1. The van der Waals surface area contributed by atoms with Crippen LogP contribution in [0.25, 0.3) is 0 Å². The molecule has 1 aromatic rings. The van der Waals surface area contributed by atoms with Gasteiger partial charge < -0.3 is 10.6 Å². The molecule has 2 atom stereocenters. The van der Waals surface area contributed by atoms with E-state index in [1.807, 2.05) is 35.4 Å². The van der Waals surface area contributed by atoms with E-state index in [0.29, 0.717) is 12.5 Å². The Kier molecular flexibility index (Phi) is 4.30. The highest BCUT2D eigenvalue weighted by Gasteiger charge is 2.27. The normalized spacial score (nSPS) is 24.1. The highest BCUT2D eigenvalue weighted by atomic mass is 32.2. The second-order valence-corrected chi connectivity index (χ2v) is 5.86. The first-order valence-corrected chi connectivity index (χ1v) is 7.52. The zero-order valence-corrected chi connectivity index (χ0v) is 11.7. The largest absolute Gasteiger partial charge is 0.337 e. The summed E-state index contributed by atoms with van der Waals surface area (Å²) in [6.07, 6.45) is 3.00. The van der Waals surface area contributed by atoms with Crippen LogP contribution in [-0.2, 0) is 0 Å². The van der Waals surface area contributed by atoms with Crippen molar-refractivity contribution in [3.63, 3.8) is 0 Å². The fraction of sp³-hybridized carbons (Fsp3) is 0.500. The second-order valence-electron chi connectivity index (χ2n) is 5.01. The number of thioether (sulfide) groups is 1. The van der Waals surface area contributed by atoms with Crippen LogP contribution in [0.4, 0.5) is 0 Å². The lowest BCUT2D eigenvalue weighted by atomic mass is 9.96. The number of carbonyl (C=O) groups is 1. The SMILES string of the molecule is CSc1ccccc1C(=O)N1CC(C)CC(N)C1. The summed E-state index contributed by atoms with van der Waals surface area (Å²) in [7, 11) is 0. The Morgan fingerprint density at radius 1 is 1.39 bits per heavy atom. The molecule has 1 amide bonds. The molecule has 1 aliphatic rings. The molecular weight excluding hydrogens is 244 g/mol. The van der Waals surface area contributed by atoms with Crippen LogP contribution >= 0.6 is 11.8 Å². The molecule has 0 saturated carbocycles. The Morgan fingerprint density at radius 2 is 2.11 bits per heavy atom. The van der Waals surface area contributed by atoms with Crippen LogP contribution in [0.2, 0.25) is 0 Å². The summed E-state index contributed by atoms with van der Waals surface area (Å²) in [5.41, 5.74) is 6.80. The smallest absolute Gasteiger partial charge is 0.255 e. The number of hydrogen-bond acceptors (Lipinski definition) is 3. The lowest BCUT2D eigenvalue weighted by Crippen LogP contribution is -2.48. The Morgan fingerprint density at radius 3 is 2.78 bits per heavy atom. The summed E-state index contributed by atoms with van der Waals surface area (Å²) in [4.78, 5) is 15.5. The minimum Gasteiger partial charge on any atom is -0.337 e. The van der Waals surface area contributed by atoms with Crippen LogP contribution in [-0.4, -0.2) is 36.2 Å². The summed E-state index contributed by atoms with van der Waals surface area (Å²) < 4.78 is 0. The van der Waals surface area contributed by atoms with Gasteiger partial charge in [-0.1, -0.05) is 19.1 Å². The van der Waals surface area contributed by atoms with Crippen molar-refractivity contribution >= 4 is 17.7 Å². The van der Waals surface area contributed by atoms with Gasteiger partial charge in [-0.25, -0.2) is 0 Å². The zero-order valence-electron chi connectivity index (χ0n) is 10.9. The molecule has 98 valence electrons. The lowest BCUT2D eigenvalue weighted by molar-refractivity contribution is 0.0657. The minimum atomic E-state index is 0.110. The molecule has 1 aliphatic heterocycles. The van der Waals surface area contributed by atoms with Crippen molar-refractivity contribution in [2.75, 3.05) is 19.3 Å². The number of piperidine rings is 1. The molecule has 3 nitrogen and oxygen atoms in total. The van der Waals surface area contributed by atoms with Crippen LogP contribution in [0, 0.1) is 5.92 Å². The van der Waals surface area contributed by atoms with E-state index < -0.39 is 0 Å². The first kappa shape index (κ1) is 13.4. The van der Waals surface area contributed by atoms with Gasteiger partial charge in [0.1, 0.15) is 0 Å². The van der Waals surface area contributed by atoms with E-state index in [0.717, 1.165) is 23.4 Å². The minimum absolute atomic E-state index is 0.110. The fourth-order valence-electron chi connectivity index (χ4n) is 2.56. The van der Waals surface area contributed by atoms with Crippen LogP contribution in [0.15, 0.2) is 29.2 Å². The van der Waals surface area contributed by atoms with Gasteiger partial charge in [-0.05, 0) is 30.7 Å². The third-order valence-electron chi connectivity index (χ3n) is 3.32. The number of carbonyl (C=O) groups excluding carboxylic acids is 1. The third-order valence-corrected chi connectivity index (χ3v) is 4.11. The van der Waals surface area contributed by atoms with Gasteiger partial charge in [-0.15, -0.1) is 11.8 Å². The van der Waals surface area contributed by atoms with E-state index in [1.165, 1.54) is 0 Å². The molecule has 18 heavy (non-hydrogen) atoms. The van der Waals surface area contributed by atoms with Crippen LogP contribution < -0.4 is 5.73 Å². The topological polar surface area (TPSA) is 46.3 Å². The molecule has 4 heteroatoms. The van der Waals surface area contributed by atoms with E-state index in [-0.39, 0.29) is 11.9 Å². The molecule has 0 bridgehead atoms. The number of rotatable bonds is 2. The number of amides is 1. The molecule has 1 heterocycles. The van der Waals surface area contributed by atoms with Gasteiger partial charge in [0.15, 0.2) is 0 Å². The maximum atomic E-state index is 12.5. The number of nitrogens with two attached hydrogens (primary N) is 1. The number of nitrogens with zero attached hydrogens (tertiary/aromatic N) is 1. The van der Waals surface area contributed by atoms with Gasteiger partial charge in [0.2, 0.25) is 0 Å². The molecule has 0 aliphatic carbocycles. The molecule has 2 rings (SSSR count). The molecule has 1 fully saturated rings. The highest BCUT2D eigenvalue weighted by Crippen LogP contribution is 2.23. The predicted molar refractivity (Wildman–Crippen MR) is 75.9 cm³/mol. The van der Waals surface area contributed by atoms with Crippen LogP contribution in [0.5, 0.6) is 0 Å². The number of hydrogen-bond donors (Lipinski definition) is 1. The van der Waals surface area contributed by atoms with Crippen molar-refractivity contribution in [3.8, 4) is 0 Å². The van der Waals surface area contributed by atoms with E-state index in [1.54, 1.807) is 11.8 Å². The average Bonchev–Trinajstić information content (AvgIpc) is 2.36. The third kappa shape index (κ3) is 2.87. The Labute approximate surface area is 113 Å². The van der Waals surface area contributed by atoms with Crippen LogP contribution in [0.1, 0.15) is 23.7 Å². The monoisotopic (exact) mass is 264 g/mol. The Hall–Kier alpha value is -1.00. The van der Waals surface area contributed by atoms with Gasteiger partial charge in [0.05, 0.1) is 5.56 Å². The quantitative estimate of drug-likeness (QED) is 0.833. The Bertz CT molecular complexity index is 426. The van der Waals surface area contributed by atoms with Crippen molar-refractivity contribution in [2.45, 2.75) is 24.3 Å². The number of likely N-dealkylation sites (tertiary alicyclic amines) is 1. The molecule has 2 N–H and O–H groups in total. The summed E-state index contributed by atoms with van der Waals surface area (Å²) in [6.45, 7) is 3.64. The summed E-state index contributed by atoms with van der Waals surface area (Å²) >= 11 is 1.61. The van der Waals surface area contributed by atoms with Crippen molar-refractivity contribution in [2.24, 2.45) is 11.7 Å². The van der Waals surface area contributed by atoms with Gasteiger partial charge in [0.25, 0.3) is 5.91 Å². The molecule has 1 saturated heterocycles. The van der Waals surface area contributed by atoms with E-state index in [9.17, 15) is 4.79 Å². The van der Waals surface area contributed by atoms with Crippen molar-refractivity contribution in [3.05, 3.63) is 29.8 Å². The van der Waals surface area contributed by atoms with Crippen molar-refractivity contribution in [1.82, 2.24) is 4.90 Å². The summed E-state index contributed by atoms with van der Waals surface area (Å²) in [5.74, 6) is 0.598. The predicted octanol–water partition coefficient (Wildman–Crippen LogP) is 2.22.